The fourth-order valence-electron chi connectivity index (χ4n) is 3.92. The van der Waals surface area contributed by atoms with Crippen molar-refractivity contribution in [1.29, 1.82) is 0 Å². The van der Waals surface area contributed by atoms with Gasteiger partial charge < -0.3 is 10.1 Å². The monoisotopic (exact) mass is 406 g/mol. The molecule has 1 aromatic carbocycles. The quantitative estimate of drug-likeness (QED) is 0.529. The number of hydrogen-bond donors (Lipinski definition) is 1. The van der Waals surface area contributed by atoms with E-state index < -0.39 is 15.9 Å². The van der Waals surface area contributed by atoms with Crippen LogP contribution in [-0.2, 0) is 24.3 Å². The molecule has 2 aliphatic rings. The number of carbonyl (C=O) groups is 2. The lowest BCUT2D eigenvalue weighted by Gasteiger charge is -2.18. The number of esters is 1. The summed E-state index contributed by atoms with van der Waals surface area (Å²) in [5.74, 6) is -0.227. The summed E-state index contributed by atoms with van der Waals surface area (Å²) >= 11 is 0. The van der Waals surface area contributed by atoms with Crippen molar-refractivity contribution in [2.45, 2.75) is 31.6 Å². The molecule has 0 aromatic heterocycles. The smallest absolute Gasteiger partial charge is 0.310 e. The third-order valence-electron chi connectivity index (χ3n) is 5.41. The van der Waals surface area contributed by atoms with Gasteiger partial charge in [-0.15, -0.1) is 0 Å². The molecule has 1 aromatic rings. The average Bonchev–Trinajstić information content (AvgIpc) is 3.31. The third kappa shape index (κ3) is 4.28. The molecule has 1 amide bonds. The van der Waals surface area contributed by atoms with Gasteiger partial charge in [0.2, 0.25) is 10.0 Å². The number of fused-ring (bicyclic) bond motifs is 2. The van der Waals surface area contributed by atoms with Crippen LogP contribution in [0.15, 0.2) is 41.3 Å². The Hall–Kier alpha value is -2.19. The Balaban J connectivity index is 1.52. The lowest BCUT2D eigenvalue weighted by molar-refractivity contribution is -0.152. The van der Waals surface area contributed by atoms with Gasteiger partial charge in [-0.05, 0) is 48.9 Å². The first-order chi connectivity index (χ1) is 13.3. The maximum Gasteiger partial charge on any atom is 0.310 e. The van der Waals surface area contributed by atoms with Crippen molar-refractivity contribution in [1.82, 2.24) is 4.31 Å². The number of sulfonamides is 1. The van der Waals surface area contributed by atoms with Gasteiger partial charge in [-0.25, -0.2) is 8.42 Å². The molecule has 2 bridgehead atoms. The van der Waals surface area contributed by atoms with Crippen molar-refractivity contribution in [3.8, 4) is 0 Å². The van der Waals surface area contributed by atoms with Gasteiger partial charge >= 0.3 is 5.97 Å². The van der Waals surface area contributed by atoms with Crippen molar-refractivity contribution >= 4 is 27.6 Å². The molecule has 3 atom stereocenters. The maximum atomic E-state index is 12.5. The van der Waals surface area contributed by atoms with Crippen molar-refractivity contribution in [2.75, 3.05) is 25.0 Å². The van der Waals surface area contributed by atoms with Crippen LogP contribution >= 0.6 is 0 Å². The number of anilines is 1. The van der Waals surface area contributed by atoms with Crippen molar-refractivity contribution in [3.63, 3.8) is 0 Å². The van der Waals surface area contributed by atoms with Gasteiger partial charge in [0.15, 0.2) is 6.61 Å². The Morgan fingerprint density at radius 1 is 1.11 bits per heavy atom. The Morgan fingerprint density at radius 2 is 1.79 bits per heavy atom. The molecule has 8 heteroatoms. The second-order valence-corrected chi connectivity index (χ2v) is 9.09. The number of carbonyl (C=O) groups excluding carboxylic acids is 2. The van der Waals surface area contributed by atoms with E-state index in [-0.39, 0.29) is 29.3 Å². The summed E-state index contributed by atoms with van der Waals surface area (Å²) in [7, 11) is -3.54. The molecular formula is C20H26N2O5S. The van der Waals surface area contributed by atoms with E-state index in [1.807, 2.05) is 0 Å². The zero-order valence-electron chi connectivity index (χ0n) is 16.1. The highest BCUT2D eigenvalue weighted by atomic mass is 32.2. The van der Waals surface area contributed by atoms with Gasteiger partial charge in [-0.2, -0.15) is 4.31 Å². The van der Waals surface area contributed by atoms with Crippen LogP contribution in [-0.4, -0.2) is 44.3 Å². The summed E-state index contributed by atoms with van der Waals surface area (Å²) < 4.78 is 31.5. The molecule has 0 spiro atoms. The molecular weight excluding hydrogens is 380 g/mol. The molecule has 0 aliphatic heterocycles. The summed E-state index contributed by atoms with van der Waals surface area (Å²) in [4.78, 5) is 24.4. The first-order valence-corrected chi connectivity index (χ1v) is 11.0. The molecule has 1 saturated carbocycles. The summed E-state index contributed by atoms with van der Waals surface area (Å²) in [5, 5.41) is 2.62. The first-order valence-electron chi connectivity index (χ1n) is 9.60. The summed E-state index contributed by atoms with van der Waals surface area (Å²) in [6.07, 6.45) is 6.00. The molecule has 3 rings (SSSR count). The summed E-state index contributed by atoms with van der Waals surface area (Å²) in [6.45, 7) is 3.99. The van der Waals surface area contributed by atoms with Crippen LogP contribution in [0.25, 0.3) is 0 Å². The molecule has 1 N–H and O–H groups in total. The fraction of sp³-hybridized carbons (Fsp3) is 0.500. The number of hydrogen-bond acceptors (Lipinski definition) is 5. The summed E-state index contributed by atoms with van der Waals surface area (Å²) in [5.41, 5.74) is 0.447. The van der Waals surface area contributed by atoms with Crippen molar-refractivity contribution in [2.24, 2.45) is 17.8 Å². The molecule has 0 heterocycles. The van der Waals surface area contributed by atoms with Gasteiger partial charge in [0.1, 0.15) is 0 Å². The van der Waals surface area contributed by atoms with Crippen molar-refractivity contribution in [3.05, 3.63) is 36.4 Å². The zero-order chi connectivity index (χ0) is 20.3. The molecule has 2 aliphatic carbocycles. The minimum Gasteiger partial charge on any atom is -0.455 e. The Kier molecular flexibility index (Phi) is 6.20. The predicted octanol–water partition coefficient (Wildman–Crippen LogP) is 2.41. The normalized spacial score (nSPS) is 23.2. The van der Waals surface area contributed by atoms with Crippen LogP contribution in [0.2, 0.25) is 0 Å². The van der Waals surface area contributed by atoms with Crippen LogP contribution in [0.1, 0.15) is 26.7 Å². The lowest BCUT2D eigenvalue weighted by atomic mass is 9.94. The van der Waals surface area contributed by atoms with Gasteiger partial charge in [0.25, 0.3) is 5.91 Å². The largest absolute Gasteiger partial charge is 0.455 e. The highest BCUT2D eigenvalue weighted by Crippen LogP contribution is 2.43. The van der Waals surface area contributed by atoms with E-state index in [4.69, 9.17) is 4.74 Å². The summed E-state index contributed by atoms with van der Waals surface area (Å²) in [6, 6.07) is 5.96. The van der Waals surface area contributed by atoms with Gasteiger partial charge in [0, 0.05) is 18.8 Å². The predicted molar refractivity (Wildman–Crippen MR) is 105 cm³/mol. The molecule has 28 heavy (non-hydrogen) atoms. The number of nitrogens with zero attached hydrogens (tertiary/aromatic N) is 1. The molecule has 0 unspecified atom stereocenters. The van der Waals surface area contributed by atoms with E-state index in [2.05, 4.69) is 17.5 Å². The minimum absolute atomic E-state index is 0.146. The van der Waals surface area contributed by atoms with E-state index in [1.54, 1.807) is 13.8 Å². The van der Waals surface area contributed by atoms with Crippen LogP contribution in [0.5, 0.6) is 0 Å². The Morgan fingerprint density at radius 3 is 2.32 bits per heavy atom. The second kappa shape index (κ2) is 8.45. The molecule has 152 valence electrons. The van der Waals surface area contributed by atoms with Gasteiger partial charge in [-0.3, -0.25) is 9.59 Å². The topological polar surface area (TPSA) is 92.8 Å². The van der Waals surface area contributed by atoms with Crippen LogP contribution in [0.3, 0.4) is 0 Å². The molecule has 1 fully saturated rings. The van der Waals surface area contributed by atoms with E-state index in [9.17, 15) is 18.0 Å². The zero-order valence-corrected chi connectivity index (χ0v) is 16.9. The minimum atomic E-state index is -3.54. The number of rotatable bonds is 8. The maximum absolute atomic E-state index is 12.5. The third-order valence-corrected chi connectivity index (χ3v) is 7.47. The fourth-order valence-corrected chi connectivity index (χ4v) is 5.37. The van der Waals surface area contributed by atoms with Gasteiger partial charge in [-0.1, -0.05) is 26.0 Å². The molecule has 7 nitrogen and oxygen atoms in total. The Labute approximate surface area is 165 Å². The van der Waals surface area contributed by atoms with Gasteiger partial charge in [0.05, 0.1) is 10.8 Å². The van der Waals surface area contributed by atoms with Crippen LogP contribution in [0.4, 0.5) is 5.69 Å². The number of benzene rings is 1. The SMILES string of the molecule is CCN(CC)S(=O)(=O)c1ccc(NC(=O)COC(=O)[C@H]2C[C@H]3C=C[C@H]2C3)cc1. The number of allylic oxidation sites excluding steroid dienone is 2. The lowest BCUT2D eigenvalue weighted by Crippen LogP contribution is -2.30. The average molecular weight is 407 g/mol. The van der Waals surface area contributed by atoms with Crippen LogP contribution < -0.4 is 5.32 Å². The standard InChI is InChI=1S/C20H26N2O5S/c1-3-22(4-2)28(25,26)17-9-7-16(8-10-17)21-19(23)13-27-20(24)18-12-14-5-6-15(18)11-14/h5-10,14-15,18H,3-4,11-13H2,1-2H3,(H,21,23)/t14-,15-,18-/m0/s1. The van der Waals surface area contributed by atoms with E-state index in [0.29, 0.717) is 24.7 Å². The number of nitrogens with one attached hydrogen (secondary N) is 1. The van der Waals surface area contributed by atoms with E-state index in [0.717, 1.165) is 12.8 Å². The van der Waals surface area contributed by atoms with E-state index >= 15 is 0 Å². The first kappa shape index (κ1) is 20.5. The second-order valence-electron chi connectivity index (χ2n) is 7.16. The Bertz CT molecular complexity index is 859. The van der Waals surface area contributed by atoms with Crippen LogP contribution in [0, 0.1) is 17.8 Å². The van der Waals surface area contributed by atoms with E-state index in [1.165, 1.54) is 28.6 Å². The highest BCUT2D eigenvalue weighted by Gasteiger charge is 2.40. The van der Waals surface area contributed by atoms with Crippen molar-refractivity contribution < 1.29 is 22.7 Å². The number of ether oxygens (including phenoxy) is 1. The highest BCUT2D eigenvalue weighted by molar-refractivity contribution is 7.89. The number of amides is 1. The molecule has 0 saturated heterocycles. The molecule has 0 radical (unpaired) electrons.